The van der Waals surface area contributed by atoms with Crippen molar-refractivity contribution in [1.29, 1.82) is 0 Å². The lowest BCUT2D eigenvalue weighted by Crippen LogP contribution is -2.56. The van der Waals surface area contributed by atoms with E-state index < -0.39 is 41.9 Å². The summed E-state index contributed by atoms with van der Waals surface area (Å²) < 4.78 is 23.6. The van der Waals surface area contributed by atoms with Gasteiger partial charge in [-0.25, -0.2) is 9.18 Å². The van der Waals surface area contributed by atoms with E-state index in [0.717, 1.165) is 5.56 Å². The smallest absolute Gasteiger partial charge is 0.408 e. The van der Waals surface area contributed by atoms with Gasteiger partial charge in [-0.05, 0) is 42.0 Å². The van der Waals surface area contributed by atoms with Crippen molar-refractivity contribution in [2.45, 2.75) is 57.8 Å². The number of halogens is 1. The van der Waals surface area contributed by atoms with Gasteiger partial charge in [0.05, 0.1) is 6.04 Å². The molecule has 0 bridgehead atoms. The molecule has 0 radical (unpaired) electrons. The van der Waals surface area contributed by atoms with Crippen molar-refractivity contribution in [3.05, 3.63) is 71.5 Å². The Morgan fingerprint density at radius 3 is 2.16 bits per heavy atom. The maximum Gasteiger partial charge on any atom is 0.408 e. The van der Waals surface area contributed by atoms with Crippen LogP contribution in [0.1, 0.15) is 37.8 Å². The summed E-state index contributed by atoms with van der Waals surface area (Å²) in [4.78, 5) is 50.2. The first-order valence-corrected chi connectivity index (χ1v) is 12.5. The Hall–Kier alpha value is -3.79. The van der Waals surface area contributed by atoms with Crippen LogP contribution < -0.4 is 16.0 Å². The van der Waals surface area contributed by atoms with Crippen molar-refractivity contribution in [3.63, 3.8) is 0 Å². The third-order valence-electron chi connectivity index (χ3n) is 5.64. The predicted molar refractivity (Wildman–Crippen MR) is 140 cm³/mol. The number of benzene rings is 2. The molecule has 2 aromatic carbocycles. The first-order valence-electron chi connectivity index (χ1n) is 12.5. The summed E-state index contributed by atoms with van der Waals surface area (Å²) in [6.07, 6.45) is 0.423. The first kappa shape index (κ1) is 30.4. The summed E-state index contributed by atoms with van der Waals surface area (Å²) in [5.41, 5.74) is 1.37. The highest BCUT2D eigenvalue weighted by molar-refractivity contribution is 5.92. The van der Waals surface area contributed by atoms with Crippen LogP contribution in [-0.2, 0) is 36.9 Å². The highest BCUT2D eigenvalue weighted by Crippen LogP contribution is 2.10. The molecule has 0 aliphatic heterocycles. The summed E-state index contributed by atoms with van der Waals surface area (Å²) in [6.45, 7) is 4.07. The van der Waals surface area contributed by atoms with Crippen molar-refractivity contribution < 1.29 is 33.0 Å². The Balaban J connectivity index is 2.15. The van der Waals surface area contributed by atoms with Gasteiger partial charge in [-0.3, -0.25) is 9.59 Å². The zero-order valence-corrected chi connectivity index (χ0v) is 21.9. The molecule has 206 valence electrons. The van der Waals surface area contributed by atoms with E-state index in [2.05, 4.69) is 16.0 Å². The number of ether oxygens (including phenoxy) is 2. The number of methoxy groups -OCH3 is 1. The van der Waals surface area contributed by atoms with Gasteiger partial charge in [0.2, 0.25) is 11.8 Å². The van der Waals surface area contributed by atoms with Gasteiger partial charge < -0.3 is 30.2 Å². The van der Waals surface area contributed by atoms with Crippen LogP contribution in [0, 0.1) is 11.7 Å². The Morgan fingerprint density at radius 1 is 0.895 bits per heavy atom. The summed E-state index contributed by atoms with van der Waals surface area (Å²) in [5, 5.41) is 7.89. The van der Waals surface area contributed by atoms with Crippen molar-refractivity contribution >= 4 is 24.2 Å². The second-order valence-electron chi connectivity index (χ2n) is 9.31. The number of amides is 3. The zero-order valence-electron chi connectivity index (χ0n) is 21.9. The zero-order chi connectivity index (χ0) is 27.9. The van der Waals surface area contributed by atoms with Gasteiger partial charge in [0.1, 0.15) is 30.8 Å². The lowest BCUT2D eigenvalue weighted by atomic mass is 10.0. The van der Waals surface area contributed by atoms with Gasteiger partial charge in [0.25, 0.3) is 0 Å². The standard InChI is InChI=1S/C28H36FN3O6/c1-19(2)15-24(26(34)30-23(17-33)13-14-37-3)31-27(35)25(16-20-9-11-22(29)12-10-20)32-28(36)38-18-21-7-5-4-6-8-21/h4-12,17,19,23-25H,13-16,18H2,1-3H3,(H,30,34)(H,31,35)(H,32,36)/t23?,24-,25-/m0/s1. The predicted octanol–water partition coefficient (Wildman–Crippen LogP) is 2.91. The van der Waals surface area contributed by atoms with Gasteiger partial charge in [-0.2, -0.15) is 0 Å². The molecule has 0 aromatic heterocycles. The van der Waals surface area contributed by atoms with Crippen LogP contribution in [0.25, 0.3) is 0 Å². The monoisotopic (exact) mass is 529 g/mol. The van der Waals surface area contributed by atoms with E-state index in [9.17, 15) is 23.6 Å². The number of carbonyl (C=O) groups excluding carboxylic acids is 4. The molecule has 2 aromatic rings. The fourth-order valence-electron chi connectivity index (χ4n) is 3.65. The molecule has 0 saturated carbocycles. The van der Waals surface area contributed by atoms with Crippen LogP contribution in [0.2, 0.25) is 0 Å². The third kappa shape index (κ3) is 11.1. The second kappa shape index (κ2) is 16.1. The maximum atomic E-state index is 13.4. The van der Waals surface area contributed by atoms with Gasteiger partial charge in [0, 0.05) is 20.1 Å². The Labute approximate surface area is 222 Å². The van der Waals surface area contributed by atoms with Crippen LogP contribution in [0.5, 0.6) is 0 Å². The molecular weight excluding hydrogens is 493 g/mol. The molecule has 0 saturated heterocycles. The minimum atomic E-state index is -1.11. The molecule has 1 unspecified atom stereocenters. The highest BCUT2D eigenvalue weighted by atomic mass is 19.1. The Bertz CT molecular complexity index is 1030. The minimum absolute atomic E-state index is 0.00446. The molecule has 38 heavy (non-hydrogen) atoms. The van der Waals surface area contributed by atoms with Crippen LogP contribution in [0.3, 0.4) is 0 Å². The number of rotatable bonds is 15. The number of hydrogen-bond donors (Lipinski definition) is 3. The first-order chi connectivity index (χ1) is 18.2. The highest BCUT2D eigenvalue weighted by Gasteiger charge is 2.29. The fraction of sp³-hybridized carbons (Fsp3) is 0.429. The van der Waals surface area contributed by atoms with E-state index in [1.54, 1.807) is 12.1 Å². The summed E-state index contributed by atoms with van der Waals surface area (Å²) in [7, 11) is 1.49. The third-order valence-corrected chi connectivity index (χ3v) is 5.64. The number of carbonyl (C=O) groups is 4. The summed E-state index contributed by atoms with van der Waals surface area (Å²) in [6, 6.07) is 11.8. The normalized spacial score (nSPS) is 13.2. The van der Waals surface area contributed by atoms with Gasteiger partial charge in [-0.15, -0.1) is 0 Å². The number of hydrogen-bond acceptors (Lipinski definition) is 6. The fourth-order valence-corrected chi connectivity index (χ4v) is 3.65. The van der Waals surface area contributed by atoms with E-state index in [0.29, 0.717) is 18.3 Å². The molecule has 0 heterocycles. The van der Waals surface area contributed by atoms with Crippen LogP contribution >= 0.6 is 0 Å². The topological polar surface area (TPSA) is 123 Å². The molecule has 0 aliphatic carbocycles. The van der Waals surface area contributed by atoms with Gasteiger partial charge in [-0.1, -0.05) is 56.3 Å². The average Bonchev–Trinajstić information content (AvgIpc) is 2.90. The molecule has 0 aliphatic rings. The number of alkyl carbamates (subject to hydrolysis) is 1. The quantitative estimate of drug-likeness (QED) is 0.305. The van der Waals surface area contributed by atoms with Crippen LogP contribution in [-0.4, -0.2) is 56.0 Å². The largest absolute Gasteiger partial charge is 0.445 e. The molecule has 10 heteroatoms. The summed E-state index contributed by atoms with van der Waals surface area (Å²) >= 11 is 0. The molecule has 3 atom stereocenters. The average molecular weight is 530 g/mol. The van der Waals surface area contributed by atoms with E-state index in [-0.39, 0.29) is 32.0 Å². The maximum absolute atomic E-state index is 13.4. The van der Waals surface area contributed by atoms with E-state index >= 15 is 0 Å². The molecule has 3 amide bonds. The Kier molecular flexibility index (Phi) is 12.9. The lowest BCUT2D eigenvalue weighted by Gasteiger charge is -2.25. The van der Waals surface area contributed by atoms with Crippen molar-refractivity contribution in [3.8, 4) is 0 Å². The van der Waals surface area contributed by atoms with Crippen LogP contribution in [0.15, 0.2) is 54.6 Å². The van der Waals surface area contributed by atoms with E-state index in [1.807, 2.05) is 32.0 Å². The molecule has 2 rings (SSSR count). The number of nitrogens with one attached hydrogen (secondary N) is 3. The molecule has 0 spiro atoms. The van der Waals surface area contributed by atoms with Gasteiger partial charge in [0.15, 0.2) is 0 Å². The second-order valence-corrected chi connectivity index (χ2v) is 9.31. The van der Waals surface area contributed by atoms with Gasteiger partial charge >= 0.3 is 6.09 Å². The minimum Gasteiger partial charge on any atom is -0.445 e. The summed E-state index contributed by atoms with van der Waals surface area (Å²) in [5.74, 6) is -1.53. The van der Waals surface area contributed by atoms with E-state index in [1.165, 1.54) is 31.4 Å². The van der Waals surface area contributed by atoms with Crippen molar-refractivity contribution in [2.75, 3.05) is 13.7 Å². The lowest BCUT2D eigenvalue weighted by molar-refractivity contribution is -0.131. The van der Waals surface area contributed by atoms with Crippen molar-refractivity contribution in [1.82, 2.24) is 16.0 Å². The Morgan fingerprint density at radius 2 is 1.55 bits per heavy atom. The molecule has 0 fully saturated rings. The number of aldehydes is 1. The van der Waals surface area contributed by atoms with E-state index in [4.69, 9.17) is 9.47 Å². The molecule has 3 N–H and O–H groups in total. The SMILES string of the molecule is COCCC(C=O)NC(=O)[C@H](CC(C)C)NC(=O)[C@H](Cc1ccc(F)cc1)NC(=O)OCc1ccccc1. The molecule has 9 nitrogen and oxygen atoms in total. The van der Waals surface area contributed by atoms with Crippen LogP contribution in [0.4, 0.5) is 9.18 Å². The van der Waals surface area contributed by atoms with Crippen molar-refractivity contribution in [2.24, 2.45) is 5.92 Å². The molecular formula is C28H36FN3O6.